The normalized spacial score (nSPS) is 11.3. The summed E-state index contributed by atoms with van der Waals surface area (Å²) < 4.78 is 40.6. The lowest BCUT2D eigenvalue weighted by atomic mass is 10.0. The van der Waals surface area contributed by atoms with Crippen LogP contribution in [0.15, 0.2) is 66.0 Å². The Labute approximate surface area is 193 Å². The van der Waals surface area contributed by atoms with Crippen molar-refractivity contribution in [1.82, 2.24) is 23.9 Å². The number of para-hydroxylation sites is 1. The van der Waals surface area contributed by atoms with E-state index in [4.69, 9.17) is 4.74 Å². The summed E-state index contributed by atoms with van der Waals surface area (Å²) in [6.45, 7) is -0.0788. The van der Waals surface area contributed by atoms with Crippen molar-refractivity contribution in [3.05, 3.63) is 88.9 Å². The van der Waals surface area contributed by atoms with Gasteiger partial charge < -0.3 is 13.9 Å². The molecule has 0 atom stereocenters. The van der Waals surface area contributed by atoms with E-state index in [9.17, 15) is 9.18 Å². The number of hydrogen-bond acceptors (Lipinski definition) is 4. The van der Waals surface area contributed by atoms with Crippen LogP contribution in [0.5, 0.6) is 5.75 Å². The van der Waals surface area contributed by atoms with Crippen molar-refractivity contribution < 1.29 is 13.5 Å². The molecule has 172 valence electrons. The molecule has 5 aromatic rings. The summed E-state index contributed by atoms with van der Waals surface area (Å²) in [5, 5.41) is 4.39. The maximum Gasteiger partial charge on any atom is 0.250 e. The van der Waals surface area contributed by atoms with Gasteiger partial charge in [0.15, 0.2) is 11.6 Å². The van der Waals surface area contributed by atoms with Crippen LogP contribution in [0.3, 0.4) is 0 Å². The molecule has 5 rings (SSSR count). The molecule has 2 aromatic carbocycles. The first kappa shape index (κ1) is 21.6. The summed E-state index contributed by atoms with van der Waals surface area (Å²) in [5.74, 6) is -2.30. The number of aromatic nitrogens is 5. The van der Waals surface area contributed by atoms with Crippen LogP contribution in [0, 0.1) is 11.6 Å². The minimum atomic E-state index is -1.08. The molecule has 0 aliphatic heterocycles. The summed E-state index contributed by atoms with van der Waals surface area (Å²) in [6, 6.07) is 11.4. The van der Waals surface area contributed by atoms with E-state index in [1.165, 1.54) is 22.8 Å². The van der Waals surface area contributed by atoms with Gasteiger partial charge in [-0.05, 0) is 24.3 Å². The molecule has 0 aliphatic rings. The van der Waals surface area contributed by atoms with Crippen LogP contribution in [-0.4, -0.2) is 23.9 Å². The predicted octanol–water partition coefficient (Wildman–Crippen LogP) is 4.20. The molecule has 0 amide bonds. The Morgan fingerprint density at radius 3 is 2.50 bits per heavy atom. The molecule has 0 N–H and O–H groups in total. The van der Waals surface area contributed by atoms with Gasteiger partial charge in [0, 0.05) is 61.9 Å². The minimum absolute atomic E-state index is 0.0788. The maximum absolute atomic E-state index is 15.1. The van der Waals surface area contributed by atoms with E-state index in [0.717, 1.165) is 16.6 Å². The molecule has 0 spiro atoms. The molecule has 7 nitrogen and oxygen atoms in total. The van der Waals surface area contributed by atoms with Crippen LogP contribution in [0.4, 0.5) is 8.78 Å². The van der Waals surface area contributed by atoms with E-state index in [0.29, 0.717) is 16.8 Å². The quantitative estimate of drug-likeness (QED) is 0.394. The topological polar surface area (TPSA) is 66.9 Å². The lowest BCUT2D eigenvalue weighted by molar-refractivity contribution is 0.280. The lowest BCUT2D eigenvalue weighted by Gasteiger charge is -2.11. The standard InChI is InChI=1S/C25H21F2N5O2/c1-30-11-15(7-10-22(30)33)18-12-32(3)29-19(18)13-34-21-9-8-16(23(26)24(21)27)17-5-4-6-20-25(17)28-14-31(20)2/h4-12,14H,13H2,1-3H3. The van der Waals surface area contributed by atoms with E-state index in [1.807, 2.05) is 17.7 Å². The minimum Gasteiger partial charge on any atom is -0.484 e. The highest BCUT2D eigenvalue weighted by atomic mass is 19.2. The van der Waals surface area contributed by atoms with Crippen molar-refractivity contribution in [2.24, 2.45) is 21.1 Å². The lowest BCUT2D eigenvalue weighted by Crippen LogP contribution is -2.14. The molecule has 0 radical (unpaired) electrons. The van der Waals surface area contributed by atoms with Crippen molar-refractivity contribution in [3.8, 4) is 28.0 Å². The van der Waals surface area contributed by atoms with Gasteiger partial charge in [-0.1, -0.05) is 12.1 Å². The van der Waals surface area contributed by atoms with Crippen molar-refractivity contribution in [3.63, 3.8) is 0 Å². The third kappa shape index (κ3) is 3.64. The van der Waals surface area contributed by atoms with Gasteiger partial charge in [0.05, 0.1) is 17.4 Å². The number of rotatable bonds is 5. The van der Waals surface area contributed by atoms with E-state index in [2.05, 4.69) is 10.1 Å². The molecule has 0 aliphatic carbocycles. The zero-order chi connectivity index (χ0) is 24.0. The van der Waals surface area contributed by atoms with E-state index in [1.54, 1.807) is 55.7 Å². The van der Waals surface area contributed by atoms with Gasteiger partial charge in [-0.25, -0.2) is 9.37 Å². The van der Waals surface area contributed by atoms with Gasteiger partial charge in [-0.2, -0.15) is 9.49 Å². The fraction of sp³-hybridized carbons (Fsp3) is 0.160. The highest BCUT2D eigenvalue weighted by Gasteiger charge is 2.19. The number of halogens is 2. The molecular formula is C25H21F2N5O2. The second kappa shape index (κ2) is 8.26. The number of hydrogen-bond donors (Lipinski definition) is 0. The fourth-order valence-corrected chi connectivity index (χ4v) is 4.01. The molecular weight excluding hydrogens is 440 g/mol. The number of benzene rings is 2. The third-order valence-electron chi connectivity index (χ3n) is 5.76. The number of fused-ring (bicyclic) bond motifs is 1. The second-order valence-corrected chi connectivity index (χ2v) is 8.09. The first-order valence-electron chi connectivity index (χ1n) is 10.5. The van der Waals surface area contributed by atoms with Crippen LogP contribution >= 0.6 is 0 Å². The Balaban J connectivity index is 1.45. The summed E-state index contributed by atoms with van der Waals surface area (Å²) in [7, 11) is 5.25. The van der Waals surface area contributed by atoms with Crippen molar-refractivity contribution in [1.29, 1.82) is 0 Å². The average Bonchev–Trinajstić information content (AvgIpc) is 3.39. The smallest absolute Gasteiger partial charge is 0.250 e. The summed E-state index contributed by atoms with van der Waals surface area (Å²) in [5.41, 5.74) is 3.91. The molecule has 0 saturated heterocycles. The van der Waals surface area contributed by atoms with Gasteiger partial charge in [0.2, 0.25) is 11.4 Å². The largest absolute Gasteiger partial charge is 0.484 e. The van der Waals surface area contributed by atoms with Crippen LogP contribution < -0.4 is 10.3 Å². The zero-order valence-corrected chi connectivity index (χ0v) is 18.8. The Hall–Kier alpha value is -4.27. The maximum atomic E-state index is 15.1. The molecule has 0 fully saturated rings. The van der Waals surface area contributed by atoms with Crippen molar-refractivity contribution in [2.45, 2.75) is 6.61 Å². The molecule has 0 unspecified atom stereocenters. The Morgan fingerprint density at radius 2 is 1.71 bits per heavy atom. The molecule has 0 bridgehead atoms. The van der Waals surface area contributed by atoms with Crippen LogP contribution in [0.25, 0.3) is 33.3 Å². The average molecular weight is 461 g/mol. The number of aryl methyl sites for hydroxylation is 3. The summed E-state index contributed by atoms with van der Waals surface area (Å²) in [6.07, 6.45) is 5.11. The Morgan fingerprint density at radius 1 is 0.882 bits per heavy atom. The number of nitrogens with zero attached hydrogens (tertiary/aromatic N) is 5. The first-order chi connectivity index (χ1) is 16.3. The SMILES string of the molecule is Cn1cc(-c2ccc(=O)n(C)c2)c(COc2ccc(-c3cccc4c3ncn4C)c(F)c2F)n1. The molecule has 3 aromatic heterocycles. The molecule has 3 heterocycles. The van der Waals surface area contributed by atoms with Gasteiger partial charge in [-0.15, -0.1) is 0 Å². The summed E-state index contributed by atoms with van der Waals surface area (Å²) >= 11 is 0. The number of ether oxygens (including phenoxy) is 1. The van der Waals surface area contributed by atoms with E-state index in [-0.39, 0.29) is 23.5 Å². The van der Waals surface area contributed by atoms with Crippen LogP contribution in [0.2, 0.25) is 0 Å². The van der Waals surface area contributed by atoms with E-state index >= 15 is 4.39 Å². The molecule has 34 heavy (non-hydrogen) atoms. The van der Waals surface area contributed by atoms with Crippen molar-refractivity contribution in [2.75, 3.05) is 0 Å². The van der Waals surface area contributed by atoms with Gasteiger partial charge >= 0.3 is 0 Å². The fourth-order valence-electron chi connectivity index (χ4n) is 4.01. The molecule has 9 heteroatoms. The number of imidazole rings is 1. The Bertz CT molecular complexity index is 1600. The van der Waals surface area contributed by atoms with Crippen LogP contribution in [0.1, 0.15) is 5.69 Å². The number of pyridine rings is 1. The van der Waals surface area contributed by atoms with Gasteiger partial charge in [0.25, 0.3) is 0 Å². The monoisotopic (exact) mass is 461 g/mol. The van der Waals surface area contributed by atoms with Gasteiger partial charge in [-0.3, -0.25) is 9.48 Å². The second-order valence-electron chi connectivity index (χ2n) is 8.09. The Kier molecular flexibility index (Phi) is 5.24. The predicted molar refractivity (Wildman–Crippen MR) is 124 cm³/mol. The highest BCUT2D eigenvalue weighted by molar-refractivity contribution is 5.92. The van der Waals surface area contributed by atoms with Crippen molar-refractivity contribution >= 4 is 11.0 Å². The third-order valence-corrected chi connectivity index (χ3v) is 5.76. The summed E-state index contributed by atoms with van der Waals surface area (Å²) in [4.78, 5) is 16.0. The van der Waals surface area contributed by atoms with Crippen LogP contribution in [-0.2, 0) is 27.7 Å². The first-order valence-corrected chi connectivity index (χ1v) is 10.5. The van der Waals surface area contributed by atoms with E-state index < -0.39 is 11.6 Å². The zero-order valence-electron chi connectivity index (χ0n) is 18.8. The molecule has 0 saturated carbocycles. The highest BCUT2D eigenvalue weighted by Crippen LogP contribution is 2.34. The van der Waals surface area contributed by atoms with Gasteiger partial charge in [0.1, 0.15) is 12.3 Å².